The molecule has 0 aliphatic rings. The topological polar surface area (TPSA) is 66.9 Å². The van der Waals surface area contributed by atoms with Crippen molar-refractivity contribution in [1.29, 1.82) is 0 Å². The molecule has 1 aromatic heterocycles. The quantitative estimate of drug-likeness (QED) is 0.490. The van der Waals surface area contributed by atoms with Gasteiger partial charge in [0.25, 0.3) is 5.56 Å². The van der Waals surface area contributed by atoms with Crippen LogP contribution in [0.3, 0.4) is 0 Å². The van der Waals surface area contributed by atoms with E-state index in [0.29, 0.717) is 0 Å². The van der Waals surface area contributed by atoms with E-state index in [2.05, 4.69) is 10.3 Å². The molecule has 0 saturated carbocycles. The lowest BCUT2D eigenvalue weighted by atomic mass is 10.0. The number of rotatable bonds is 4. The number of alkyl halides is 3. The molecule has 0 radical (unpaired) electrons. The van der Waals surface area contributed by atoms with Crippen LogP contribution in [0.25, 0.3) is 16.5 Å². The van der Waals surface area contributed by atoms with Crippen molar-refractivity contribution in [2.45, 2.75) is 19.1 Å². The van der Waals surface area contributed by atoms with E-state index in [1.807, 2.05) is 49.4 Å². The highest BCUT2D eigenvalue weighted by Crippen LogP contribution is 2.29. The minimum Gasteiger partial charge on any atom is -0.365 e. The van der Waals surface area contributed by atoms with Crippen molar-refractivity contribution in [3.63, 3.8) is 0 Å². The first kappa shape index (κ1) is 20.5. The number of hydrogen-bond acceptors (Lipinski definition) is 3. The lowest BCUT2D eigenvalue weighted by Crippen LogP contribution is -2.34. The monoisotopic (exact) mass is 425 g/mol. The maximum Gasteiger partial charge on any atom is 0.416 e. The third kappa shape index (κ3) is 4.23. The predicted octanol–water partition coefficient (Wildman–Crippen LogP) is 4.87. The van der Waals surface area contributed by atoms with Crippen LogP contribution in [0.15, 0.2) is 82.4 Å². The summed E-state index contributed by atoms with van der Waals surface area (Å²) in [6.45, 7) is 1.89. The molecule has 1 heterocycles. The summed E-state index contributed by atoms with van der Waals surface area (Å²) in [5, 5.41) is 5.27. The lowest BCUT2D eigenvalue weighted by molar-refractivity contribution is -0.137. The molecule has 5 nitrogen and oxygen atoms in total. The molecule has 4 aromatic rings. The smallest absolute Gasteiger partial charge is 0.365 e. The third-order valence-electron chi connectivity index (χ3n) is 5.03. The zero-order valence-electron chi connectivity index (χ0n) is 16.4. The highest BCUT2D eigenvalue weighted by Gasteiger charge is 2.30. The van der Waals surface area contributed by atoms with E-state index >= 15 is 0 Å². The Labute approximate surface area is 174 Å². The molecule has 0 fully saturated rings. The molecule has 0 unspecified atom stereocenters. The van der Waals surface area contributed by atoms with Gasteiger partial charge in [0.05, 0.1) is 11.3 Å². The molecule has 4 rings (SSSR count). The summed E-state index contributed by atoms with van der Waals surface area (Å²) in [7, 11) is 0. The summed E-state index contributed by atoms with van der Waals surface area (Å²) in [5.41, 5.74) is -1.25. The van der Waals surface area contributed by atoms with Gasteiger partial charge in [-0.3, -0.25) is 9.78 Å². The summed E-state index contributed by atoms with van der Waals surface area (Å²) in [6.07, 6.45) is -4.50. The van der Waals surface area contributed by atoms with E-state index in [1.54, 1.807) is 0 Å². The van der Waals surface area contributed by atoms with E-state index in [-0.39, 0.29) is 17.5 Å². The first-order valence-electron chi connectivity index (χ1n) is 9.51. The maximum atomic E-state index is 12.7. The Hall–Kier alpha value is -3.81. The second-order valence-corrected chi connectivity index (χ2v) is 7.18. The summed E-state index contributed by atoms with van der Waals surface area (Å²) >= 11 is 0. The number of nitrogens with zero attached hydrogens (tertiary/aromatic N) is 1. The van der Waals surface area contributed by atoms with Crippen molar-refractivity contribution < 1.29 is 13.2 Å². The second kappa shape index (κ2) is 7.79. The maximum absolute atomic E-state index is 12.7. The van der Waals surface area contributed by atoms with Gasteiger partial charge < -0.3 is 5.32 Å². The number of benzene rings is 3. The number of aromatic nitrogens is 2. The average Bonchev–Trinajstić information content (AvgIpc) is 2.72. The van der Waals surface area contributed by atoms with Crippen LogP contribution < -0.4 is 16.6 Å². The molecule has 0 bridgehead atoms. The molecule has 0 amide bonds. The van der Waals surface area contributed by atoms with Gasteiger partial charge in [-0.25, -0.2) is 9.36 Å². The van der Waals surface area contributed by atoms with Gasteiger partial charge in [0, 0.05) is 12.1 Å². The van der Waals surface area contributed by atoms with Crippen LogP contribution in [0.4, 0.5) is 19.0 Å². The van der Waals surface area contributed by atoms with E-state index < -0.39 is 23.0 Å². The van der Waals surface area contributed by atoms with Gasteiger partial charge in [0.2, 0.25) is 0 Å². The molecule has 0 saturated heterocycles. The summed E-state index contributed by atoms with van der Waals surface area (Å²) in [5.74, 6) is 0.221. The van der Waals surface area contributed by atoms with Crippen LogP contribution in [0, 0.1) is 0 Å². The number of nitrogens with one attached hydrogen (secondary N) is 2. The second-order valence-electron chi connectivity index (χ2n) is 7.18. The van der Waals surface area contributed by atoms with Crippen LogP contribution >= 0.6 is 0 Å². The van der Waals surface area contributed by atoms with Gasteiger partial charge in [0.15, 0.2) is 0 Å². The predicted molar refractivity (Wildman–Crippen MR) is 114 cm³/mol. The molecule has 2 N–H and O–H groups in total. The van der Waals surface area contributed by atoms with E-state index in [1.165, 1.54) is 6.07 Å². The van der Waals surface area contributed by atoms with Crippen molar-refractivity contribution >= 4 is 16.6 Å². The summed E-state index contributed by atoms with van der Waals surface area (Å²) in [6, 6.07) is 18.7. The molecule has 3 aromatic carbocycles. The Morgan fingerprint density at radius 3 is 2.23 bits per heavy atom. The minimum absolute atomic E-state index is 0.0494. The molecular weight excluding hydrogens is 407 g/mol. The lowest BCUT2D eigenvalue weighted by Gasteiger charge is -2.16. The molecule has 31 heavy (non-hydrogen) atoms. The first-order valence-corrected chi connectivity index (χ1v) is 9.51. The normalized spacial score (nSPS) is 12.6. The zero-order valence-corrected chi connectivity index (χ0v) is 16.4. The highest BCUT2D eigenvalue weighted by molar-refractivity contribution is 5.83. The van der Waals surface area contributed by atoms with Crippen LogP contribution in [0.5, 0.6) is 0 Å². The number of anilines is 1. The van der Waals surface area contributed by atoms with Crippen molar-refractivity contribution in [2.24, 2.45) is 0 Å². The Morgan fingerprint density at radius 2 is 1.58 bits per heavy atom. The highest BCUT2D eigenvalue weighted by atomic mass is 19.4. The van der Waals surface area contributed by atoms with Crippen LogP contribution in [0.2, 0.25) is 0 Å². The first-order chi connectivity index (χ1) is 14.7. The van der Waals surface area contributed by atoms with Gasteiger partial charge >= 0.3 is 11.9 Å². The Kier molecular flexibility index (Phi) is 5.14. The molecule has 0 aliphatic carbocycles. The molecule has 0 spiro atoms. The van der Waals surface area contributed by atoms with Gasteiger partial charge in [-0.15, -0.1) is 0 Å². The third-order valence-corrected chi connectivity index (χ3v) is 5.03. The standard InChI is InChI=1S/C23H18F3N3O2/c1-14(16-7-6-15-4-2-3-5-17(15)12-16)27-20-13-21(30)29(22(31)28-20)19-10-8-18(9-11-19)23(24,25)26/h2-14,27H,1H3,(H,28,31)/t14-/m0/s1. The van der Waals surface area contributed by atoms with Crippen molar-refractivity contribution in [3.8, 4) is 5.69 Å². The van der Waals surface area contributed by atoms with Crippen molar-refractivity contribution in [1.82, 2.24) is 9.55 Å². The number of aromatic amines is 1. The Morgan fingerprint density at radius 1 is 0.903 bits per heavy atom. The van der Waals surface area contributed by atoms with E-state index in [4.69, 9.17) is 0 Å². The van der Waals surface area contributed by atoms with E-state index in [0.717, 1.165) is 45.2 Å². The Balaban J connectivity index is 1.60. The van der Waals surface area contributed by atoms with Crippen molar-refractivity contribution in [3.05, 3.63) is 105 Å². The van der Waals surface area contributed by atoms with Crippen molar-refractivity contribution in [2.75, 3.05) is 5.32 Å². The molecule has 8 heteroatoms. The van der Waals surface area contributed by atoms with Crippen LogP contribution in [0.1, 0.15) is 24.1 Å². The fourth-order valence-electron chi connectivity index (χ4n) is 3.41. The van der Waals surface area contributed by atoms with Crippen LogP contribution in [-0.2, 0) is 6.18 Å². The summed E-state index contributed by atoms with van der Waals surface area (Å²) in [4.78, 5) is 27.6. The molecule has 0 aliphatic heterocycles. The fourth-order valence-corrected chi connectivity index (χ4v) is 3.41. The Bertz CT molecular complexity index is 1320. The van der Waals surface area contributed by atoms with Gasteiger partial charge in [-0.1, -0.05) is 36.4 Å². The largest absolute Gasteiger partial charge is 0.416 e. The fraction of sp³-hybridized carbons (Fsp3) is 0.130. The van der Waals surface area contributed by atoms with Crippen LogP contribution in [-0.4, -0.2) is 9.55 Å². The number of fused-ring (bicyclic) bond motifs is 1. The van der Waals surface area contributed by atoms with Gasteiger partial charge in [-0.05, 0) is 53.6 Å². The zero-order chi connectivity index (χ0) is 22.2. The minimum atomic E-state index is -4.50. The summed E-state index contributed by atoms with van der Waals surface area (Å²) < 4.78 is 39.0. The van der Waals surface area contributed by atoms with Gasteiger partial charge in [-0.2, -0.15) is 13.2 Å². The SMILES string of the molecule is C[C@H](Nc1cc(=O)n(-c2ccc(C(F)(F)F)cc2)c(=O)[nH]1)c1ccc2ccccc2c1. The number of H-pyrrole nitrogens is 1. The molecule has 158 valence electrons. The number of halogens is 3. The molecule has 1 atom stereocenters. The van der Waals surface area contributed by atoms with E-state index in [9.17, 15) is 22.8 Å². The number of hydrogen-bond donors (Lipinski definition) is 2. The average molecular weight is 425 g/mol. The van der Waals surface area contributed by atoms with Gasteiger partial charge in [0.1, 0.15) is 5.82 Å². The molecular formula is C23H18F3N3O2.